The fourth-order valence-corrected chi connectivity index (χ4v) is 4.10. The number of H-pyrrole nitrogens is 1. The highest BCUT2D eigenvalue weighted by molar-refractivity contribution is 5.94. The number of hydrogen-bond acceptors (Lipinski definition) is 4. The Morgan fingerprint density at radius 3 is 3.04 bits per heavy atom. The molecule has 6 heteroatoms. The van der Waals surface area contributed by atoms with E-state index in [0.29, 0.717) is 18.2 Å². The number of amides is 1. The highest BCUT2D eigenvalue weighted by Gasteiger charge is 2.37. The van der Waals surface area contributed by atoms with Crippen molar-refractivity contribution in [2.75, 3.05) is 27.2 Å². The molecule has 3 rings (SSSR count). The maximum atomic E-state index is 12.6. The van der Waals surface area contributed by atoms with Crippen LogP contribution in [0.25, 0.3) is 0 Å². The summed E-state index contributed by atoms with van der Waals surface area (Å²) < 4.78 is 0. The number of aromatic amines is 1. The van der Waals surface area contributed by atoms with Crippen LogP contribution >= 0.6 is 0 Å². The van der Waals surface area contributed by atoms with E-state index >= 15 is 0 Å². The first-order valence-electron chi connectivity index (χ1n) is 8.74. The summed E-state index contributed by atoms with van der Waals surface area (Å²) in [5.41, 5.74) is 2.76. The smallest absolute Gasteiger partial charge is 0.272 e. The van der Waals surface area contributed by atoms with Gasteiger partial charge in [-0.25, -0.2) is 0 Å². The highest BCUT2D eigenvalue weighted by atomic mass is 16.2. The molecule has 1 aromatic rings. The first-order valence-corrected chi connectivity index (χ1v) is 8.74. The minimum atomic E-state index is -0.0503. The van der Waals surface area contributed by atoms with Gasteiger partial charge in [0.15, 0.2) is 5.69 Å². The number of likely N-dealkylation sites (N-methyl/N-ethyl adjacent to an activating group) is 1. The molecule has 0 bridgehead atoms. The zero-order valence-electron chi connectivity index (χ0n) is 14.5. The molecule has 128 valence electrons. The summed E-state index contributed by atoms with van der Waals surface area (Å²) in [7, 11) is 4.26. The van der Waals surface area contributed by atoms with Gasteiger partial charge in [0.25, 0.3) is 5.91 Å². The van der Waals surface area contributed by atoms with Gasteiger partial charge in [-0.15, -0.1) is 0 Å². The largest absolute Gasteiger partial charge is 0.349 e. The van der Waals surface area contributed by atoms with Gasteiger partial charge in [0.2, 0.25) is 0 Å². The molecule has 0 saturated heterocycles. The maximum absolute atomic E-state index is 12.6. The molecule has 2 unspecified atom stereocenters. The third-order valence-corrected chi connectivity index (χ3v) is 5.62. The number of fused-ring (bicyclic) bond motifs is 1. The summed E-state index contributed by atoms with van der Waals surface area (Å²) in [4.78, 5) is 14.9. The van der Waals surface area contributed by atoms with Gasteiger partial charge in [-0.1, -0.05) is 19.8 Å². The van der Waals surface area contributed by atoms with E-state index in [2.05, 4.69) is 46.7 Å². The van der Waals surface area contributed by atoms with E-state index in [-0.39, 0.29) is 11.4 Å². The van der Waals surface area contributed by atoms with Gasteiger partial charge in [0, 0.05) is 42.9 Å². The minimum absolute atomic E-state index is 0.0503. The van der Waals surface area contributed by atoms with E-state index in [9.17, 15) is 4.79 Å². The van der Waals surface area contributed by atoms with Crippen LogP contribution < -0.4 is 10.6 Å². The molecule has 1 fully saturated rings. The van der Waals surface area contributed by atoms with Crippen molar-refractivity contribution in [2.45, 2.75) is 51.1 Å². The molecule has 0 spiro atoms. The maximum Gasteiger partial charge on any atom is 0.272 e. The second-order valence-corrected chi connectivity index (χ2v) is 7.46. The molecule has 6 nitrogen and oxygen atoms in total. The van der Waals surface area contributed by atoms with Crippen molar-refractivity contribution in [3.8, 4) is 0 Å². The third-order valence-electron chi connectivity index (χ3n) is 5.62. The van der Waals surface area contributed by atoms with Crippen molar-refractivity contribution >= 4 is 5.91 Å². The fourth-order valence-electron chi connectivity index (χ4n) is 4.10. The van der Waals surface area contributed by atoms with Crippen molar-refractivity contribution in [3.05, 3.63) is 17.0 Å². The van der Waals surface area contributed by atoms with Crippen molar-refractivity contribution in [2.24, 2.45) is 5.92 Å². The van der Waals surface area contributed by atoms with Gasteiger partial charge >= 0.3 is 0 Å². The van der Waals surface area contributed by atoms with E-state index < -0.39 is 0 Å². The minimum Gasteiger partial charge on any atom is -0.349 e. The van der Waals surface area contributed by atoms with Gasteiger partial charge in [-0.05, 0) is 32.9 Å². The Morgan fingerprint density at radius 1 is 1.48 bits per heavy atom. The number of nitrogens with zero attached hydrogens (tertiary/aromatic N) is 2. The monoisotopic (exact) mass is 319 g/mol. The number of carbonyl (C=O) groups excluding carboxylic acids is 1. The van der Waals surface area contributed by atoms with Crippen molar-refractivity contribution in [1.29, 1.82) is 0 Å². The van der Waals surface area contributed by atoms with Crippen LogP contribution in [0.1, 0.15) is 54.4 Å². The van der Waals surface area contributed by atoms with Gasteiger partial charge < -0.3 is 15.5 Å². The number of aromatic nitrogens is 2. The van der Waals surface area contributed by atoms with Gasteiger partial charge in [0.1, 0.15) is 0 Å². The van der Waals surface area contributed by atoms with Crippen LogP contribution in [-0.2, 0) is 13.0 Å². The molecule has 0 radical (unpaired) electrons. The summed E-state index contributed by atoms with van der Waals surface area (Å²) in [5.74, 6) is 0.663. The molecular weight excluding hydrogens is 290 g/mol. The Bertz CT molecular complexity index is 567. The van der Waals surface area contributed by atoms with E-state index in [1.54, 1.807) is 0 Å². The molecule has 0 aromatic carbocycles. The summed E-state index contributed by atoms with van der Waals surface area (Å²) in [6.07, 6.45) is 5.72. The molecule has 1 aliphatic carbocycles. The lowest BCUT2D eigenvalue weighted by Gasteiger charge is -2.45. The third kappa shape index (κ3) is 3.28. The molecule has 2 atom stereocenters. The fraction of sp³-hybridized carbons (Fsp3) is 0.765. The van der Waals surface area contributed by atoms with Crippen LogP contribution in [-0.4, -0.2) is 53.7 Å². The first kappa shape index (κ1) is 16.5. The van der Waals surface area contributed by atoms with Gasteiger partial charge in [-0.2, -0.15) is 5.10 Å². The summed E-state index contributed by atoms with van der Waals surface area (Å²) in [5, 5.41) is 13.7. The van der Waals surface area contributed by atoms with Gasteiger partial charge in [-0.3, -0.25) is 9.89 Å². The second kappa shape index (κ2) is 6.61. The number of carbonyl (C=O) groups is 1. The molecule has 1 aliphatic heterocycles. The molecule has 1 amide bonds. The molecule has 3 N–H and O–H groups in total. The standard InChI is InChI=1S/C17H29N5O/c1-12-5-4-7-17(9-12,22(2)3)11-19-16(23)15-13-10-18-8-6-14(13)20-21-15/h12,18H,4-11H2,1-3H3,(H,19,23)(H,20,21). The van der Waals surface area contributed by atoms with Crippen LogP contribution in [0.3, 0.4) is 0 Å². The summed E-state index contributed by atoms with van der Waals surface area (Å²) in [6.45, 7) is 4.68. The quantitative estimate of drug-likeness (QED) is 0.782. The lowest BCUT2D eigenvalue weighted by Crippen LogP contribution is -2.55. The zero-order chi connectivity index (χ0) is 16.4. The Hall–Kier alpha value is -1.40. The Kier molecular flexibility index (Phi) is 4.73. The molecular formula is C17H29N5O. The topological polar surface area (TPSA) is 73.0 Å². The van der Waals surface area contributed by atoms with Crippen molar-refractivity contribution < 1.29 is 4.79 Å². The van der Waals surface area contributed by atoms with E-state index in [1.807, 2.05) is 0 Å². The first-order chi connectivity index (χ1) is 11.0. The average molecular weight is 319 g/mol. The molecule has 1 aromatic heterocycles. The van der Waals surface area contributed by atoms with Crippen LogP contribution in [0.5, 0.6) is 0 Å². The Balaban J connectivity index is 1.69. The lowest BCUT2D eigenvalue weighted by molar-refractivity contribution is 0.0672. The second-order valence-electron chi connectivity index (χ2n) is 7.46. The number of nitrogens with one attached hydrogen (secondary N) is 3. The molecule has 2 aliphatic rings. The highest BCUT2D eigenvalue weighted by Crippen LogP contribution is 2.35. The number of hydrogen-bond donors (Lipinski definition) is 3. The normalized spacial score (nSPS) is 27.7. The van der Waals surface area contributed by atoms with E-state index in [0.717, 1.165) is 43.6 Å². The molecule has 23 heavy (non-hydrogen) atoms. The summed E-state index contributed by atoms with van der Waals surface area (Å²) >= 11 is 0. The Labute approximate surface area is 138 Å². The average Bonchev–Trinajstić information content (AvgIpc) is 2.96. The van der Waals surface area contributed by atoms with Crippen molar-refractivity contribution in [1.82, 2.24) is 25.7 Å². The Morgan fingerprint density at radius 2 is 2.30 bits per heavy atom. The predicted molar refractivity (Wildman–Crippen MR) is 90.4 cm³/mol. The van der Waals surface area contributed by atoms with E-state index in [4.69, 9.17) is 0 Å². The number of rotatable bonds is 4. The van der Waals surface area contributed by atoms with Crippen molar-refractivity contribution in [3.63, 3.8) is 0 Å². The zero-order valence-corrected chi connectivity index (χ0v) is 14.5. The van der Waals surface area contributed by atoms with Crippen LogP contribution in [0.15, 0.2) is 0 Å². The van der Waals surface area contributed by atoms with Gasteiger partial charge in [0.05, 0.1) is 0 Å². The SMILES string of the molecule is CC1CCCC(CNC(=O)c2n[nH]c3c2CNCC3)(N(C)C)C1. The molecule has 2 heterocycles. The summed E-state index contributed by atoms with van der Waals surface area (Å²) in [6, 6.07) is 0. The van der Waals surface area contributed by atoms with E-state index in [1.165, 1.54) is 12.8 Å². The molecule has 1 saturated carbocycles. The van der Waals surface area contributed by atoms with Crippen LogP contribution in [0, 0.1) is 5.92 Å². The predicted octanol–water partition coefficient (Wildman–Crippen LogP) is 1.30. The lowest BCUT2D eigenvalue weighted by atomic mass is 9.75. The van der Waals surface area contributed by atoms with Crippen LogP contribution in [0.2, 0.25) is 0 Å². The van der Waals surface area contributed by atoms with Crippen LogP contribution in [0.4, 0.5) is 0 Å².